The topological polar surface area (TPSA) is 21.3 Å². The van der Waals surface area contributed by atoms with Gasteiger partial charge in [-0.05, 0) is 50.7 Å². The van der Waals surface area contributed by atoms with E-state index in [2.05, 4.69) is 24.0 Å². The normalized spacial score (nSPS) is 29.4. The van der Waals surface area contributed by atoms with Gasteiger partial charge < -0.3 is 10.1 Å². The highest BCUT2D eigenvalue weighted by Gasteiger charge is 2.19. The molecule has 0 aromatic rings. The molecule has 0 spiro atoms. The molecule has 0 amide bonds. The monoisotopic (exact) mass is 243 g/mol. The van der Waals surface area contributed by atoms with E-state index in [0.717, 1.165) is 24.4 Å². The summed E-state index contributed by atoms with van der Waals surface area (Å²) in [6.07, 6.45) is 6.71. The third kappa shape index (κ3) is 4.27. The van der Waals surface area contributed by atoms with E-state index in [-0.39, 0.29) is 0 Å². The first-order chi connectivity index (χ1) is 7.84. The molecule has 2 heterocycles. The molecule has 0 radical (unpaired) electrons. The van der Waals surface area contributed by atoms with Crippen molar-refractivity contribution in [3.63, 3.8) is 0 Å². The molecule has 2 rings (SSSR count). The first-order valence-electron chi connectivity index (χ1n) is 6.77. The second kappa shape index (κ2) is 6.87. The maximum atomic E-state index is 5.40. The third-order valence-corrected chi connectivity index (χ3v) is 5.14. The fraction of sp³-hybridized carbons (Fsp3) is 1.00. The molecule has 2 fully saturated rings. The van der Waals surface area contributed by atoms with Gasteiger partial charge in [-0.2, -0.15) is 11.8 Å². The SMILES string of the molecule is CC(CC1CCOCC1)NCC1CCCS1. The number of rotatable bonds is 5. The van der Waals surface area contributed by atoms with E-state index in [1.165, 1.54) is 44.4 Å². The van der Waals surface area contributed by atoms with Crippen LogP contribution in [0.2, 0.25) is 0 Å². The first-order valence-corrected chi connectivity index (χ1v) is 7.82. The summed E-state index contributed by atoms with van der Waals surface area (Å²) in [6.45, 7) is 5.52. The van der Waals surface area contributed by atoms with Crippen molar-refractivity contribution in [1.82, 2.24) is 5.32 Å². The van der Waals surface area contributed by atoms with Crippen LogP contribution in [0.5, 0.6) is 0 Å². The Morgan fingerprint density at radius 2 is 2.12 bits per heavy atom. The van der Waals surface area contributed by atoms with E-state index in [0.29, 0.717) is 6.04 Å². The quantitative estimate of drug-likeness (QED) is 0.802. The van der Waals surface area contributed by atoms with E-state index < -0.39 is 0 Å². The summed E-state index contributed by atoms with van der Waals surface area (Å²) < 4.78 is 5.40. The summed E-state index contributed by atoms with van der Waals surface area (Å²) in [6, 6.07) is 0.685. The molecule has 0 saturated carbocycles. The van der Waals surface area contributed by atoms with Gasteiger partial charge in [0.05, 0.1) is 0 Å². The van der Waals surface area contributed by atoms with Crippen molar-refractivity contribution in [2.24, 2.45) is 5.92 Å². The van der Waals surface area contributed by atoms with Crippen LogP contribution in [0.4, 0.5) is 0 Å². The Morgan fingerprint density at radius 3 is 2.81 bits per heavy atom. The summed E-state index contributed by atoms with van der Waals surface area (Å²) in [5.74, 6) is 2.27. The molecule has 0 aromatic carbocycles. The second-order valence-corrected chi connectivity index (χ2v) is 6.64. The largest absolute Gasteiger partial charge is 0.381 e. The molecule has 2 atom stereocenters. The predicted octanol–water partition coefficient (Wildman–Crippen LogP) is 2.68. The van der Waals surface area contributed by atoms with Crippen LogP contribution >= 0.6 is 11.8 Å². The van der Waals surface area contributed by atoms with E-state index in [4.69, 9.17) is 4.74 Å². The van der Waals surface area contributed by atoms with Crippen LogP contribution in [0.1, 0.15) is 39.0 Å². The molecule has 1 N–H and O–H groups in total. The zero-order valence-corrected chi connectivity index (χ0v) is 11.2. The minimum absolute atomic E-state index is 0.685. The summed E-state index contributed by atoms with van der Waals surface area (Å²) in [5.41, 5.74) is 0. The Labute approximate surface area is 104 Å². The molecule has 2 aliphatic heterocycles. The number of hydrogen-bond donors (Lipinski definition) is 1. The molecule has 2 aliphatic rings. The number of thioether (sulfide) groups is 1. The average molecular weight is 243 g/mol. The molecular formula is C13H25NOS. The summed E-state index contributed by atoms with van der Waals surface area (Å²) >= 11 is 2.15. The zero-order chi connectivity index (χ0) is 11.2. The van der Waals surface area contributed by atoms with Gasteiger partial charge in [-0.25, -0.2) is 0 Å². The Kier molecular flexibility index (Phi) is 5.46. The molecule has 3 heteroatoms. The maximum absolute atomic E-state index is 5.40. The van der Waals surface area contributed by atoms with Gasteiger partial charge in [0, 0.05) is 31.1 Å². The molecular weight excluding hydrogens is 218 g/mol. The van der Waals surface area contributed by atoms with E-state index in [1.807, 2.05) is 0 Å². The Hall–Kier alpha value is 0.270. The van der Waals surface area contributed by atoms with Gasteiger partial charge in [-0.1, -0.05) is 0 Å². The molecule has 16 heavy (non-hydrogen) atoms. The van der Waals surface area contributed by atoms with E-state index >= 15 is 0 Å². The van der Waals surface area contributed by atoms with Crippen LogP contribution in [0.25, 0.3) is 0 Å². The lowest BCUT2D eigenvalue weighted by Crippen LogP contribution is -2.34. The van der Waals surface area contributed by atoms with Crippen LogP contribution in [0.15, 0.2) is 0 Å². The first kappa shape index (κ1) is 12.7. The van der Waals surface area contributed by atoms with Crippen LogP contribution in [0, 0.1) is 5.92 Å². The summed E-state index contributed by atoms with van der Waals surface area (Å²) in [7, 11) is 0. The lowest BCUT2D eigenvalue weighted by molar-refractivity contribution is 0.0612. The second-order valence-electron chi connectivity index (χ2n) is 5.24. The lowest BCUT2D eigenvalue weighted by atomic mass is 9.93. The highest BCUT2D eigenvalue weighted by atomic mass is 32.2. The lowest BCUT2D eigenvalue weighted by Gasteiger charge is -2.26. The standard InChI is InChI=1S/C13H25NOS/c1-11(9-12-4-6-15-7-5-12)14-10-13-3-2-8-16-13/h11-14H,2-10H2,1H3. The third-order valence-electron chi connectivity index (χ3n) is 3.75. The van der Waals surface area contributed by atoms with Crippen molar-refractivity contribution in [2.75, 3.05) is 25.5 Å². The Bertz CT molecular complexity index is 188. The van der Waals surface area contributed by atoms with Crippen molar-refractivity contribution in [2.45, 2.75) is 50.3 Å². The molecule has 2 saturated heterocycles. The van der Waals surface area contributed by atoms with Crippen LogP contribution < -0.4 is 5.32 Å². The van der Waals surface area contributed by atoms with Crippen molar-refractivity contribution in [3.8, 4) is 0 Å². The highest BCUT2D eigenvalue weighted by Crippen LogP contribution is 2.26. The summed E-state index contributed by atoms with van der Waals surface area (Å²) in [5, 5.41) is 4.60. The number of hydrogen-bond acceptors (Lipinski definition) is 3. The Morgan fingerprint density at radius 1 is 1.31 bits per heavy atom. The predicted molar refractivity (Wildman–Crippen MR) is 71.1 cm³/mol. The van der Waals surface area contributed by atoms with Crippen molar-refractivity contribution in [3.05, 3.63) is 0 Å². The van der Waals surface area contributed by atoms with Gasteiger partial charge in [0.15, 0.2) is 0 Å². The smallest absolute Gasteiger partial charge is 0.0468 e. The van der Waals surface area contributed by atoms with E-state index in [1.54, 1.807) is 0 Å². The molecule has 0 bridgehead atoms. The highest BCUT2D eigenvalue weighted by molar-refractivity contribution is 8.00. The minimum atomic E-state index is 0.685. The van der Waals surface area contributed by atoms with Crippen molar-refractivity contribution < 1.29 is 4.74 Å². The van der Waals surface area contributed by atoms with Crippen LogP contribution in [0.3, 0.4) is 0 Å². The fourth-order valence-electron chi connectivity index (χ4n) is 2.70. The average Bonchev–Trinajstić information content (AvgIpc) is 2.81. The maximum Gasteiger partial charge on any atom is 0.0468 e. The van der Waals surface area contributed by atoms with Gasteiger partial charge >= 0.3 is 0 Å². The van der Waals surface area contributed by atoms with Crippen LogP contribution in [-0.4, -0.2) is 36.8 Å². The van der Waals surface area contributed by atoms with Gasteiger partial charge in [-0.3, -0.25) is 0 Å². The molecule has 94 valence electrons. The number of nitrogens with one attached hydrogen (secondary N) is 1. The zero-order valence-electron chi connectivity index (χ0n) is 10.4. The molecule has 2 unspecified atom stereocenters. The Balaban J connectivity index is 1.57. The van der Waals surface area contributed by atoms with Crippen LogP contribution in [-0.2, 0) is 4.74 Å². The number of ether oxygens (including phenoxy) is 1. The van der Waals surface area contributed by atoms with Gasteiger partial charge in [0.1, 0.15) is 0 Å². The van der Waals surface area contributed by atoms with Gasteiger partial charge in [0.25, 0.3) is 0 Å². The molecule has 2 nitrogen and oxygen atoms in total. The molecule has 0 aliphatic carbocycles. The minimum Gasteiger partial charge on any atom is -0.381 e. The van der Waals surface area contributed by atoms with Crippen molar-refractivity contribution in [1.29, 1.82) is 0 Å². The summed E-state index contributed by atoms with van der Waals surface area (Å²) in [4.78, 5) is 0. The van der Waals surface area contributed by atoms with Gasteiger partial charge in [-0.15, -0.1) is 0 Å². The molecule has 0 aromatic heterocycles. The van der Waals surface area contributed by atoms with Crippen molar-refractivity contribution >= 4 is 11.8 Å². The van der Waals surface area contributed by atoms with E-state index in [9.17, 15) is 0 Å². The van der Waals surface area contributed by atoms with Gasteiger partial charge in [0.2, 0.25) is 0 Å². The fourth-order valence-corrected chi connectivity index (χ4v) is 3.92.